The number of hydrogen-bond acceptors (Lipinski definition) is 4. The van der Waals surface area contributed by atoms with Gasteiger partial charge >= 0.3 is 0 Å². The Kier molecular flexibility index (Phi) is 4.22. The van der Waals surface area contributed by atoms with Gasteiger partial charge in [-0.2, -0.15) is 0 Å². The molecule has 0 unspecified atom stereocenters. The van der Waals surface area contributed by atoms with Crippen molar-refractivity contribution in [2.24, 2.45) is 0 Å². The third kappa shape index (κ3) is 2.98. The van der Waals surface area contributed by atoms with E-state index in [0.717, 1.165) is 11.3 Å². The molecule has 1 aromatic heterocycles. The molecule has 0 bridgehead atoms. The summed E-state index contributed by atoms with van der Waals surface area (Å²) in [6.45, 7) is 0.210. The molecular formula is C19H13ClFN3OS. The van der Waals surface area contributed by atoms with Crippen LogP contribution in [0.25, 0.3) is 16.8 Å². The summed E-state index contributed by atoms with van der Waals surface area (Å²) in [4.78, 5) is 6.22. The summed E-state index contributed by atoms with van der Waals surface area (Å²) in [6, 6.07) is 13.2. The van der Waals surface area contributed by atoms with Crippen LogP contribution in [-0.4, -0.2) is 22.5 Å². The number of thiazole rings is 1. The Balaban J connectivity index is 1.63. The maximum Gasteiger partial charge on any atom is 0.139 e. The molecule has 4 rings (SSSR count). The van der Waals surface area contributed by atoms with Crippen molar-refractivity contribution in [2.45, 2.75) is 0 Å². The Morgan fingerprint density at radius 2 is 1.81 bits per heavy atom. The zero-order valence-electron chi connectivity index (χ0n) is 13.4. The number of amidine groups is 1. The van der Waals surface area contributed by atoms with Gasteiger partial charge in [-0.15, -0.1) is 11.3 Å². The van der Waals surface area contributed by atoms with Crippen LogP contribution >= 0.6 is 22.9 Å². The molecule has 7 heteroatoms. The largest absolute Gasteiger partial charge is 0.510 e. The van der Waals surface area contributed by atoms with Crippen LogP contribution in [0, 0.1) is 11.2 Å². The molecule has 0 fully saturated rings. The van der Waals surface area contributed by atoms with Crippen LogP contribution in [0.3, 0.4) is 0 Å². The summed E-state index contributed by atoms with van der Waals surface area (Å²) in [5.41, 5.74) is 2.66. The standard InChI is InChI=1S/C19H13ClFN3OS/c20-12-3-7-14(8-4-12)24-9-16(25)17(18(24)22)19-23-15(10-26-19)11-1-5-13(21)6-2-11/h1-8,10,22,25H,9H2. The Morgan fingerprint density at radius 1 is 1.12 bits per heavy atom. The van der Waals surface area contributed by atoms with E-state index in [0.29, 0.717) is 21.3 Å². The quantitative estimate of drug-likeness (QED) is 0.637. The lowest BCUT2D eigenvalue weighted by atomic mass is 10.2. The van der Waals surface area contributed by atoms with Crippen molar-refractivity contribution >= 4 is 40.0 Å². The van der Waals surface area contributed by atoms with Gasteiger partial charge in [0.1, 0.15) is 22.4 Å². The average Bonchev–Trinajstić information content (AvgIpc) is 3.21. The summed E-state index contributed by atoms with van der Waals surface area (Å²) in [7, 11) is 0. The van der Waals surface area contributed by atoms with Crippen LogP contribution < -0.4 is 4.90 Å². The zero-order chi connectivity index (χ0) is 18.3. The average molecular weight is 386 g/mol. The summed E-state index contributed by atoms with van der Waals surface area (Å²) < 4.78 is 13.1. The molecule has 1 aliphatic heterocycles. The molecule has 0 spiro atoms. The number of nitrogens with zero attached hydrogens (tertiary/aromatic N) is 2. The smallest absolute Gasteiger partial charge is 0.139 e. The van der Waals surface area contributed by atoms with Gasteiger partial charge in [0.25, 0.3) is 0 Å². The van der Waals surface area contributed by atoms with Gasteiger partial charge in [0, 0.05) is 21.7 Å². The van der Waals surface area contributed by atoms with Gasteiger partial charge in [-0.3, -0.25) is 5.41 Å². The summed E-state index contributed by atoms with van der Waals surface area (Å²) in [5.74, 6) is -0.0180. The first-order valence-corrected chi connectivity index (χ1v) is 9.04. The van der Waals surface area contributed by atoms with E-state index in [1.807, 2.05) is 5.38 Å². The third-order valence-electron chi connectivity index (χ3n) is 4.10. The summed E-state index contributed by atoms with van der Waals surface area (Å²) >= 11 is 7.26. The molecule has 4 nitrogen and oxygen atoms in total. The van der Waals surface area contributed by atoms with Crippen molar-refractivity contribution in [3.8, 4) is 11.3 Å². The van der Waals surface area contributed by atoms with Crippen molar-refractivity contribution in [3.05, 3.63) is 75.5 Å². The molecule has 3 aromatic rings. The van der Waals surface area contributed by atoms with E-state index in [9.17, 15) is 9.50 Å². The number of hydrogen-bond donors (Lipinski definition) is 2. The maximum atomic E-state index is 13.1. The highest BCUT2D eigenvalue weighted by molar-refractivity contribution is 7.11. The van der Waals surface area contributed by atoms with Crippen molar-refractivity contribution in [3.63, 3.8) is 0 Å². The van der Waals surface area contributed by atoms with Gasteiger partial charge in [-0.1, -0.05) is 11.6 Å². The van der Waals surface area contributed by atoms with Crippen LogP contribution in [0.2, 0.25) is 5.02 Å². The fraction of sp³-hybridized carbons (Fsp3) is 0.0526. The number of aliphatic hydroxyl groups is 1. The van der Waals surface area contributed by atoms with Crippen molar-refractivity contribution in [1.82, 2.24) is 4.98 Å². The number of anilines is 1. The van der Waals surface area contributed by atoms with Crippen LogP contribution in [0.15, 0.2) is 59.7 Å². The molecule has 0 radical (unpaired) electrons. The highest BCUT2D eigenvalue weighted by Crippen LogP contribution is 2.34. The van der Waals surface area contributed by atoms with Gasteiger partial charge in [0.2, 0.25) is 0 Å². The molecule has 1 aliphatic rings. The lowest BCUT2D eigenvalue weighted by molar-refractivity contribution is 0.411. The second-order valence-electron chi connectivity index (χ2n) is 5.78. The predicted molar refractivity (Wildman–Crippen MR) is 104 cm³/mol. The highest BCUT2D eigenvalue weighted by atomic mass is 35.5. The molecule has 0 aliphatic carbocycles. The van der Waals surface area contributed by atoms with E-state index in [4.69, 9.17) is 17.0 Å². The second-order valence-corrected chi connectivity index (χ2v) is 7.07. The van der Waals surface area contributed by atoms with Gasteiger partial charge in [0.05, 0.1) is 17.8 Å². The van der Waals surface area contributed by atoms with Crippen LogP contribution in [0.4, 0.5) is 10.1 Å². The number of rotatable bonds is 3. The van der Waals surface area contributed by atoms with Gasteiger partial charge in [-0.25, -0.2) is 9.37 Å². The molecule has 0 amide bonds. The number of nitrogens with one attached hydrogen (secondary N) is 1. The van der Waals surface area contributed by atoms with E-state index in [1.54, 1.807) is 41.3 Å². The Labute approximate surface area is 158 Å². The topological polar surface area (TPSA) is 60.2 Å². The first-order chi connectivity index (χ1) is 12.5. The van der Waals surface area contributed by atoms with Gasteiger partial charge < -0.3 is 10.0 Å². The predicted octanol–water partition coefficient (Wildman–Crippen LogP) is 5.37. The molecule has 2 aromatic carbocycles. The molecular weight excluding hydrogens is 373 g/mol. The van der Waals surface area contributed by atoms with Crippen LogP contribution in [-0.2, 0) is 0 Å². The lowest BCUT2D eigenvalue weighted by Crippen LogP contribution is -2.25. The normalized spacial score (nSPS) is 14.4. The fourth-order valence-electron chi connectivity index (χ4n) is 2.79. The molecule has 2 heterocycles. The first-order valence-electron chi connectivity index (χ1n) is 7.79. The zero-order valence-corrected chi connectivity index (χ0v) is 15.0. The maximum absolute atomic E-state index is 13.1. The fourth-order valence-corrected chi connectivity index (χ4v) is 3.81. The molecule has 130 valence electrons. The van der Waals surface area contributed by atoms with E-state index in [-0.39, 0.29) is 24.0 Å². The van der Waals surface area contributed by atoms with E-state index < -0.39 is 0 Å². The van der Waals surface area contributed by atoms with E-state index >= 15 is 0 Å². The number of halogens is 2. The Hall–Kier alpha value is -2.70. The van der Waals surface area contributed by atoms with E-state index in [1.165, 1.54) is 23.5 Å². The van der Waals surface area contributed by atoms with E-state index in [2.05, 4.69) is 4.98 Å². The monoisotopic (exact) mass is 385 g/mol. The first kappa shape index (κ1) is 16.8. The number of aromatic nitrogens is 1. The summed E-state index contributed by atoms with van der Waals surface area (Å²) in [6.07, 6.45) is 0. The Morgan fingerprint density at radius 3 is 2.50 bits per heavy atom. The minimum Gasteiger partial charge on any atom is -0.510 e. The van der Waals surface area contributed by atoms with Crippen molar-refractivity contribution < 1.29 is 9.50 Å². The minimum absolute atomic E-state index is 0.102. The highest BCUT2D eigenvalue weighted by Gasteiger charge is 2.31. The van der Waals surface area contributed by atoms with Crippen molar-refractivity contribution in [1.29, 1.82) is 5.41 Å². The van der Waals surface area contributed by atoms with Gasteiger partial charge in [0.15, 0.2) is 0 Å². The second kappa shape index (κ2) is 6.55. The molecule has 0 saturated heterocycles. The number of benzene rings is 2. The van der Waals surface area contributed by atoms with Crippen molar-refractivity contribution in [2.75, 3.05) is 11.4 Å². The lowest BCUT2D eigenvalue weighted by Gasteiger charge is -2.18. The third-order valence-corrected chi connectivity index (χ3v) is 5.21. The molecule has 0 saturated carbocycles. The number of aliphatic hydroxyl groups excluding tert-OH is 1. The Bertz CT molecular complexity index is 1010. The molecule has 26 heavy (non-hydrogen) atoms. The molecule has 0 atom stereocenters. The van der Waals surface area contributed by atoms with Gasteiger partial charge in [-0.05, 0) is 48.5 Å². The van der Waals surface area contributed by atoms with Crippen LogP contribution in [0.1, 0.15) is 5.01 Å². The van der Waals surface area contributed by atoms with Crippen LogP contribution in [0.5, 0.6) is 0 Å². The molecule has 2 N–H and O–H groups in total. The minimum atomic E-state index is -0.305. The summed E-state index contributed by atoms with van der Waals surface area (Å²) in [5, 5.41) is 21.9. The SMILES string of the molecule is N=C1C(c2nc(-c3ccc(F)cc3)cs2)=C(O)CN1c1ccc(Cl)cc1.